The van der Waals surface area contributed by atoms with Gasteiger partial charge in [0, 0.05) is 22.4 Å². The first-order valence-corrected chi connectivity index (χ1v) is 11.4. The highest BCUT2D eigenvalue weighted by molar-refractivity contribution is 9.12. The van der Waals surface area contributed by atoms with Gasteiger partial charge in [-0.1, -0.05) is 28.1 Å². The zero-order chi connectivity index (χ0) is 19.9. The molecule has 2 aromatic rings. The molecule has 8 heteroatoms. The molecule has 0 saturated heterocycles. The van der Waals surface area contributed by atoms with Crippen LogP contribution in [0.25, 0.3) is 0 Å². The van der Waals surface area contributed by atoms with Crippen molar-refractivity contribution in [2.45, 2.75) is 0 Å². The number of allylic oxidation sites excluding steroid dienone is 2. The Morgan fingerprint density at radius 1 is 1.07 bits per heavy atom. The molecule has 0 bridgehead atoms. The zero-order valence-electron chi connectivity index (χ0n) is 14.8. The predicted molar refractivity (Wildman–Crippen MR) is 125 cm³/mol. The van der Waals surface area contributed by atoms with E-state index in [1.807, 2.05) is 0 Å². The molecule has 2 aromatic carbocycles. The Kier molecular flexibility index (Phi) is 7.24. The van der Waals surface area contributed by atoms with Gasteiger partial charge >= 0.3 is 0 Å². The molecular formula is C20H19BrFN3OS2. The number of carbonyl (C=O) groups is 1. The summed E-state index contributed by atoms with van der Waals surface area (Å²) in [5.41, 5.74) is 1.39. The quantitative estimate of drug-likeness (QED) is 0.342. The Morgan fingerprint density at radius 3 is 2.39 bits per heavy atom. The Bertz CT molecular complexity index is 931. The van der Waals surface area contributed by atoms with Gasteiger partial charge in [0.1, 0.15) is 5.82 Å². The van der Waals surface area contributed by atoms with Crippen molar-refractivity contribution in [2.75, 3.05) is 22.9 Å². The summed E-state index contributed by atoms with van der Waals surface area (Å²) in [4.78, 5) is 12.1. The van der Waals surface area contributed by atoms with Crippen molar-refractivity contribution in [1.82, 2.24) is 5.32 Å². The van der Waals surface area contributed by atoms with Gasteiger partial charge in [0.15, 0.2) is 5.11 Å². The molecule has 0 aromatic heterocycles. The maximum absolute atomic E-state index is 13.7. The number of anilines is 2. The number of thiol groups is 1. The minimum absolute atomic E-state index is 0.00992. The van der Waals surface area contributed by atoms with Crippen LogP contribution in [0.5, 0.6) is 0 Å². The number of amides is 1. The van der Waals surface area contributed by atoms with Crippen LogP contribution >= 0.6 is 39.0 Å². The molecule has 3 rings (SSSR count). The molecule has 1 unspecified atom stereocenters. The van der Waals surface area contributed by atoms with Gasteiger partial charge in [-0.15, -0.1) is 0 Å². The molecule has 0 radical (unpaired) electrons. The molecule has 3 N–H and O–H groups in total. The molecule has 0 saturated carbocycles. The van der Waals surface area contributed by atoms with E-state index in [0.717, 1.165) is 22.5 Å². The van der Waals surface area contributed by atoms with Crippen molar-refractivity contribution in [3.63, 3.8) is 0 Å². The fraction of sp³-hybridized carbons (Fsp3) is 0.100. The lowest BCUT2D eigenvalue weighted by Crippen LogP contribution is -2.30. The van der Waals surface area contributed by atoms with Crippen LogP contribution in [0.1, 0.15) is 10.4 Å². The second-order valence-corrected chi connectivity index (χ2v) is 9.32. The van der Waals surface area contributed by atoms with Crippen LogP contribution in [0.4, 0.5) is 15.8 Å². The fourth-order valence-corrected chi connectivity index (χ4v) is 5.34. The van der Waals surface area contributed by atoms with Crippen molar-refractivity contribution >= 4 is 61.4 Å². The highest BCUT2D eigenvalue weighted by Crippen LogP contribution is 2.37. The first-order valence-electron chi connectivity index (χ1n) is 8.53. The molecule has 146 valence electrons. The van der Waals surface area contributed by atoms with Crippen LogP contribution in [-0.4, -0.2) is 23.3 Å². The summed E-state index contributed by atoms with van der Waals surface area (Å²) in [6.07, 6.45) is 2.08. The maximum atomic E-state index is 13.7. The van der Waals surface area contributed by atoms with Crippen LogP contribution in [0.15, 0.2) is 69.9 Å². The number of thiocarbonyl (C=S) groups is 1. The van der Waals surface area contributed by atoms with Gasteiger partial charge in [-0.05, 0) is 71.3 Å². The van der Waals surface area contributed by atoms with E-state index in [9.17, 15) is 9.18 Å². The molecule has 28 heavy (non-hydrogen) atoms. The Hall–Kier alpha value is -2.16. The fourth-order valence-electron chi connectivity index (χ4n) is 2.51. The third kappa shape index (κ3) is 5.92. The largest absolute Gasteiger partial charge is 0.362 e. The lowest BCUT2D eigenvalue weighted by atomic mass is 10.2. The van der Waals surface area contributed by atoms with Crippen molar-refractivity contribution in [3.05, 3.63) is 81.3 Å². The zero-order valence-corrected chi connectivity index (χ0v) is 18.1. The molecule has 0 aliphatic carbocycles. The second kappa shape index (κ2) is 9.86. The third-order valence-electron chi connectivity index (χ3n) is 3.89. The summed E-state index contributed by atoms with van der Waals surface area (Å²) in [6.45, 7) is 0.787. The second-order valence-electron chi connectivity index (χ2n) is 5.96. The first kappa shape index (κ1) is 20.6. The van der Waals surface area contributed by atoms with E-state index < -0.39 is 11.7 Å². The van der Waals surface area contributed by atoms with Gasteiger partial charge in [0.2, 0.25) is 0 Å². The topological polar surface area (TPSA) is 53.2 Å². The number of rotatable bonds is 6. The standard InChI is InChI=1S/C20H19BrFN3OS2/c21-14-9-11-28(13-14)12-10-23-20(27)25-16-7-5-15(6-8-16)24-19(26)17-3-1-2-4-18(17)22/h1-9,11,13,28H,10,12H2,(H,24,26)(H2,23,25,27). The van der Waals surface area contributed by atoms with Gasteiger partial charge in [0.05, 0.1) is 5.56 Å². The van der Waals surface area contributed by atoms with E-state index in [2.05, 4.69) is 48.8 Å². The average molecular weight is 480 g/mol. The maximum Gasteiger partial charge on any atom is 0.258 e. The summed E-state index contributed by atoms with van der Waals surface area (Å²) < 4.78 is 14.8. The van der Waals surface area contributed by atoms with E-state index >= 15 is 0 Å². The van der Waals surface area contributed by atoms with Crippen LogP contribution < -0.4 is 16.0 Å². The third-order valence-corrected chi connectivity index (χ3v) is 6.86. The normalized spacial score (nSPS) is 16.4. The van der Waals surface area contributed by atoms with Crippen molar-refractivity contribution in [2.24, 2.45) is 0 Å². The van der Waals surface area contributed by atoms with E-state index in [0.29, 0.717) is 10.8 Å². The van der Waals surface area contributed by atoms with Gasteiger partial charge in [0.25, 0.3) is 5.91 Å². The molecule has 1 aliphatic rings. The molecule has 1 heterocycles. The average Bonchev–Trinajstić information content (AvgIpc) is 3.09. The molecule has 1 amide bonds. The molecule has 0 fully saturated rings. The predicted octanol–water partition coefficient (Wildman–Crippen LogP) is 5.13. The minimum atomic E-state index is -0.549. The number of hydrogen-bond donors (Lipinski definition) is 4. The SMILES string of the molecule is O=C(Nc1ccc(NC(=S)NCC[SH]2C=CC(Br)=C2)cc1)c1ccccc1F. The summed E-state index contributed by atoms with van der Waals surface area (Å²) in [5, 5.41) is 14.0. The lowest BCUT2D eigenvalue weighted by Gasteiger charge is -2.14. The molecule has 1 atom stereocenters. The van der Waals surface area contributed by atoms with Crippen LogP contribution in [0.3, 0.4) is 0 Å². The first-order chi connectivity index (χ1) is 13.5. The van der Waals surface area contributed by atoms with Crippen LogP contribution in [0, 0.1) is 5.82 Å². The van der Waals surface area contributed by atoms with E-state index in [1.54, 1.807) is 36.4 Å². The summed E-state index contributed by atoms with van der Waals surface area (Å²) in [5.74, 6) is -0.0179. The van der Waals surface area contributed by atoms with Crippen LogP contribution in [0.2, 0.25) is 0 Å². The molecule has 4 nitrogen and oxygen atoms in total. The molecular weight excluding hydrogens is 461 g/mol. The van der Waals surface area contributed by atoms with Crippen molar-refractivity contribution in [3.8, 4) is 0 Å². The monoisotopic (exact) mass is 479 g/mol. The van der Waals surface area contributed by atoms with Gasteiger partial charge in [-0.25, -0.2) is 15.3 Å². The number of hydrogen-bond acceptors (Lipinski definition) is 2. The number of nitrogens with one attached hydrogen (secondary N) is 3. The van der Waals surface area contributed by atoms with E-state index in [4.69, 9.17) is 12.2 Å². The minimum Gasteiger partial charge on any atom is -0.362 e. The van der Waals surface area contributed by atoms with Gasteiger partial charge in [-0.2, -0.15) is 0 Å². The smallest absolute Gasteiger partial charge is 0.258 e. The number of halogens is 2. The summed E-state index contributed by atoms with van der Waals surface area (Å²) in [7, 11) is -0.215. The van der Waals surface area contributed by atoms with E-state index in [1.165, 1.54) is 12.1 Å². The number of carbonyl (C=O) groups excluding carboxylic acids is 1. The number of benzene rings is 2. The van der Waals surface area contributed by atoms with Crippen molar-refractivity contribution in [1.29, 1.82) is 0 Å². The highest BCUT2D eigenvalue weighted by Gasteiger charge is 2.11. The van der Waals surface area contributed by atoms with Crippen LogP contribution in [-0.2, 0) is 0 Å². The summed E-state index contributed by atoms with van der Waals surface area (Å²) in [6, 6.07) is 12.9. The van der Waals surface area contributed by atoms with Crippen molar-refractivity contribution < 1.29 is 9.18 Å². The van der Waals surface area contributed by atoms with Gasteiger partial charge < -0.3 is 16.0 Å². The Labute approximate surface area is 179 Å². The Morgan fingerprint density at radius 2 is 1.75 bits per heavy atom. The Balaban J connectivity index is 1.46. The molecule has 1 aliphatic heterocycles. The lowest BCUT2D eigenvalue weighted by molar-refractivity contribution is 0.102. The summed E-state index contributed by atoms with van der Waals surface area (Å²) >= 11 is 8.78. The van der Waals surface area contributed by atoms with E-state index in [-0.39, 0.29) is 16.5 Å². The van der Waals surface area contributed by atoms with Gasteiger partial charge in [-0.3, -0.25) is 4.79 Å². The highest BCUT2D eigenvalue weighted by atomic mass is 79.9. The molecule has 0 spiro atoms.